The lowest BCUT2D eigenvalue weighted by atomic mass is 9.91. The standard InChI is InChI=1S/C42H37NO.C13H12/c1-4-6-8-9-10-16-30-17-15-20-32(28-30)43-37-23-14-13-22-35(37)41-38(43)26-24-36-40-29(3)33(25-27-39(40)44-42(36)41)34-21-12-11-19-31(34)18-7-5-2;1-11-6-5-9-13(10-11)12-7-3-2-4-8-12/h4,6,8-17,19-28H,5,7,18H2,1-3H3;2-10H,1H3/b6-4-,9-8-,16-10+;. The lowest BCUT2D eigenvalue weighted by Crippen LogP contribution is -1.94. The number of rotatable bonds is 9. The molecule has 0 bridgehead atoms. The maximum Gasteiger partial charge on any atom is 0.145 e. The average Bonchev–Trinajstić information content (AvgIpc) is 3.80. The average molecular weight is 740 g/mol. The van der Waals surface area contributed by atoms with Crippen molar-refractivity contribution < 1.29 is 4.42 Å². The number of fused-ring (bicyclic) bond motifs is 7. The number of nitrogens with zero attached hydrogens (tertiary/aromatic N) is 1. The molecule has 2 heterocycles. The molecule has 0 aliphatic carbocycles. The molecule has 0 fully saturated rings. The zero-order valence-electron chi connectivity index (χ0n) is 33.4. The number of benzene rings is 7. The van der Waals surface area contributed by atoms with Crippen molar-refractivity contribution in [1.82, 2.24) is 4.57 Å². The number of para-hydroxylation sites is 1. The molecule has 0 aliphatic rings. The van der Waals surface area contributed by atoms with E-state index in [1.807, 2.05) is 31.2 Å². The summed E-state index contributed by atoms with van der Waals surface area (Å²) >= 11 is 0. The van der Waals surface area contributed by atoms with Crippen LogP contribution in [0.4, 0.5) is 0 Å². The van der Waals surface area contributed by atoms with Crippen LogP contribution in [0, 0.1) is 13.8 Å². The van der Waals surface area contributed by atoms with Crippen molar-refractivity contribution in [2.24, 2.45) is 0 Å². The van der Waals surface area contributed by atoms with Gasteiger partial charge in [0.2, 0.25) is 0 Å². The van der Waals surface area contributed by atoms with Gasteiger partial charge in [-0.2, -0.15) is 0 Å². The maximum atomic E-state index is 6.76. The highest BCUT2D eigenvalue weighted by Crippen LogP contribution is 2.43. The van der Waals surface area contributed by atoms with E-state index in [2.05, 4.69) is 189 Å². The van der Waals surface area contributed by atoms with Crippen molar-refractivity contribution >= 4 is 49.8 Å². The SMILES string of the molecule is C\C=C/C=C\C=C\c1cccc(-n2c3ccccc3c3c4oc5ccc(-c6ccccc6CCCC)c(C)c5c4ccc32)c1.Cc1cccc(-c2ccccc2)c1. The molecule has 0 atom stereocenters. The molecule has 0 saturated carbocycles. The summed E-state index contributed by atoms with van der Waals surface area (Å²) in [4.78, 5) is 0. The Kier molecular flexibility index (Phi) is 11.1. The lowest BCUT2D eigenvalue weighted by Gasteiger charge is -2.12. The minimum absolute atomic E-state index is 0.940. The van der Waals surface area contributed by atoms with Gasteiger partial charge in [-0.25, -0.2) is 0 Å². The van der Waals surface area contributed by atoms with E-state index < -0.39 is 0 Å². The normalized spacial score (nSPS) is 11.9. The number of hydrogen-bond acceptors (Lipinski definition) is 1. The number of hydrogen-bond donors (Lipinski definition) is 0. The predicted octanol–water partition coefficient (Wildman–Crippen LogP) is 15.8. The summed E-state index contributed by atoms with van der Waals surface area (Å²) in [5.74, 6) is 0. The second kappa shape index (κ2) is 17.0. The first-order valence-corrected chi connectivity index (χ1v) is 20.2. The fourth-order valence-corrected chi connectivity index (χ4v) is 8.12. The molecule has 0 unspecified atom stereocenters. The van der Waals surface area contributed by atoms with E-state index in [1.54, 1.807) is 0 Å². The van der Waals surface area contributed by atoms with Crippen molar-refractivity contribution in [3.8, 4) is 27.9 Å². The number of allylic oxidation sites excluding steroid dienone is 5. The molecule has 0 saturated heterocycles. The Morgan fingerprint density at radius 1 is 0.579 bits per heavy atom. The van der Waals surface area contributed by atoms with Crippen molar-refractivity contribution in [3.63, 3.8) is 0 Å². The smallest absolute Gasteiger partial charge is 0.145 e. The Balaban J connectivity index is 0.000000296. The monoisotopic (exact) mass is 739 g/mol. The molecule has 0 spiro atoms. The molecule has 2 nitrogen and oxygen atoms in total. The quantitative estimate of drug-likeness (QED) is 0.135. The summed E-state index contributed by atoms with van der Waals surface area (Å²) in [5, 5.41) is 4.74. The van der Waals surface area contributed by atoms with Gasteiger partial charge in [-0.05, 0) is 109 Å². The Bertz CT molecular complexity index is 2910. The van der Waals surface area contributed by atoms with E-state index in [-0.39, 0.29) is 0 Å². The minimum Gasteiger partial charge on any atom is -0.455 e. The van der Waals surface area contributed by atoms with Gasteiger partial charge >= 0.3 is 0 Å². The Morgan fingerprint density at radius 3 is 2.19 bits per heavy atom. The van der Waals surface area contributed by atoms with Crippen LogP contribution >= 0.6 is 0 Å². The molecule has 2 aromatic heterocycles. The van der Waals surface area contributed by atoms with E-state index in [0.29, 0.717) is 0 Å². The van der Waals surface area contributed by atoms with Crippen LogP contribution in [-0.2, 0) is 6.42 Å². The third kappa shape index (κ3) is 7.64. The molecule has 7 aromatic carbocycles. The van der Waals surface area contributed by atoms with E-state index >= 15 is 0 Å². The van der Waals surface area contributed by atoms with Gasteiger partial charge in [0.25, 0.3) is 0 Å². The van der Waals surface area contributed by atoms with Crippen LogP contribution in [0.25, 0.3) is 77.8 Å². The summed E-state index contributed by atoms with van der Waals surface area (Å²) in [7, 11) is 0. The molecule has 9 rings (SSSR count). The zero-order chi connectivity index (χ0) is 39.1. The summed E-state index contributed by atoms with van der Waals surface area (Å²) in [5.41, 5.74) is 15.7. The third-order valence-electron chi connectivity index (χ3n) is 10.9. The van der Waals surface area contributed by atoms with Crippen LogP contribution in [0.15, 0.2) is 186 Å². The molecule has 0 amide bonds. The van der Waals surface area contributed by atoms with Gasteiger partial charge in [0.1, 0.15) is 11.2 Å². The van der Waals surface area contributed by atoms with Gasteiger partial charge in [-0.15, -0.1) is 0 Å². The van der Waals surface area contributed by atoms with Crippen LogP contribution in [0.1, 0.15) is 48.9 Å². The first-order chi connectivity index (χ1) is 28.1. The van der Waals surface area contributed by atoms with Crippen LogP contribution in [0.2, 0.25) is 0 Å². The van der Waals surface area contributed by atoms with Crippen LogP contribution in [0.5, 0.6) is 0 Å². The van der Waals surface area contributed by atoms with Crippen LogP contribution < -0.4 is 0 Å². The molecule has 0 N–H and O–H groups in total. The first kappa shape index (κ1) is 37.3. The van der Waals surface area contributed by atoms with Gasteiger partial charge in [-0.1, -0.05) is 171 Å². The highest BCUT2D eigenvalue weighted by molar-refractivity contribution is 6.24. The summed E-state index contributed by atoms with van der Waals surface area (Å²) in [6.07, 6.45) is 15.9. The summed E-state index contributed by atoms with van der Waals surface area (Å²) in [6, 6.07) is 54.2. The van der Waals surface area contributed by atoms with E-state index in [4.69, 9.17) is 4.42 Å². The topological polar surface area (TPSA) is 18.1 Å². The predicted molar refractivity (Wildman–Crippen MR) is 246 cm³/mol. The van der Waals surface area contributed by atoms with E-state index in [0.717, 1.165) is 39.7 Å². The number of furan rings is 1. The van der Waals surface area contributed by atoms with Crippen molar-refractivity contribution in [2.75, 3.05) is 0 Å². The Hall–Kier alpha value is -6.64. The van der Waals surface area contributed by atoms with Gasteiger partial charge in [0.15, 0.2) is 0 Å². The molecule has 280 valence electrons. The lowest BCUT2D eigenvalue weighted by molar-refractivity contribution is 0.673. The summed E-state index contributed by atoms with van der Waals surface area (Å²) in [6.45, 7) is 8.65. The Labute approximate surface area is 336 Å². The van der Waals surface area contributed by atoms with Gasteiger partial charge < -0.3 is 8.98 Å². The van der Waals surface area contributed by atoms with Crippen molar-refractivity contribution in [1.29, 1.82) is 0 Å². The summed E-state index contributed by atoms with van der Waals surface area (Å²) < 4.78 is 9.13. The number of unbranched alkanes of at least 4 members (excludes halogenated alkanes) is 1. The van der Waals surface area contributed by atoms with Crippen LogP contribution in [-0.4, -0.2) is 4.57 Å². The van der Waals surface area contributed by atoms with Gasteiger partial charge in [0.05, 0.1) is 16.4 Å². The van der Waals surface area contributed by atoms with E-state index in [9.17, 15) is 0 Å². The van der Waals surface area contributed by atoms with Gasteiger partial charge in [0, 0.05) is 21.8 Å². The fraction of sp³-hybridized carbons (Fsp3) is 0.127. The second-order valence-electron chi connectivity index (χ2n) is 14.8. The highest BCUT2D eigenvalue weighted by atomic mass is 16.3. The molecule has 0 radical (unpaired) electrons. The number of aryl methyl sites for hydroxylation is 3. The fourth-order valence-electron chi connectivity index (χ4n) is 8.12. The molecule has 57 heavy (non-hydrogen) atoms. The number of aromatic nitrogens is 1. The molecular weight excluding hydrogens is 691 g/mol. The Morgan fingerprint density at radius 2 is 1.35 bits per heavy atom. The second-order valence-corrected chi connectivity index (χ2v) is 14.8. The zero-order valence-corrected chi connectivity index (χ0v) is 33.4. The molecular formula is C55H49NO. The minimum atomic E-state index is 0.940. The van der Waals surface area contributed by atoms with Crippen molar-refractivity contribution in [2.45, 2.75) is 47.0 Å². The highest BCUT2D eigenvalue weighted by Gasteiger charge is 2.21. The first-order valence-electron chi connectivity index (χ1n) is 20.2. The molecule has 0 aliphatic heterocycles. The van der Waals surface area contributed by atoms with Gasteiger partial charge in [-0.3, -0.25) is 0 Å². The third-order valence-corrected chi connectivity index (χ3v) is 10.9. The maximum absolute atomic E-state index is 6.76. The largest absolute Gasteiger partial charge is 0.455 e. The molecule has 2 heteroatoms. The van der Waals surface area contributed by atoms with E-state index in [1.165, 1.54) is 73.5 Å². The molecule has 9 aromatic rings. The van der Waals surface area contributed by atoms with Crippen molar-refractivity contribution in [3.05, 3.63) is 204 Å². The van der Waals surface area contributed by atoms with Crippen LogP contribution in [0.3, 0.4) is 0 Å².